The zero-order valence-corrected chi connectivity index (χ0v) is 17.7. The fourth-order valence-corrected chi connectivity index (χ4v) is 3.97. The Kier molecular flexibility index (Phi) is 6.82. The molecule has 30 heavy (non-hydrogen) atoms. The lowest BCUT2D eigenvalue weighted by Gasteiger charge is -2.34. The predicted octanol–water partition coefficient (Wildman–Crippen LogP) is 4.31. The molecule has 0 radical (unpaired) electrons. The first kappa shape index (κ1) is 20.6. The molecule has 1 amide bonds. The maximum atomic E-state index is 12.6. The van der Waals surface area contributed by atoms with Crippen LogP contribution in [0.5, 0.6) is 0 Å². The summed E-state index contributed by atoms with van der Waals surface area (Å²) in [5.74, 6) is 1.37. The number of benzene rings is 2. The number of hydrogen-bond donors (Lipinski definition) is 0. The van der Waals surface area contributed by atoms with Crippen molar-refractivity contribution in [2.45, 2.75) is 19.3 Å². The van der Waals surface area contributed by atoms with E-state index in [1.54, 1.807) is 6.20 Å². The van der Waals surface area contributed by atoms with Gasteiger partial charge in [-0.05, 0) is 24.1 Å². The van der Waals surface area contributed by atoms with Crippen LogP contribution in [0.2, 0.25) is 5.02 Å². The molecule has 1 aromatic heterocycles. The highest BCUT2D eigenvalue weighted by Gasteiger charge is 2.21. The summed E-state index contributed by atoms with van der Waals surface area (Å²) in [6, 6.07) is 18.0. The van der Waals surface area contributed by atoms with Crippen molar-refractivity contribution in [2.75, 3.05) is 32.7 Å². The molecular weight excluding hydrogens is 398 g/mol. The number of oxazole rings is 1. The van der Waals surface area contributed by atoms with Crippen LogP contribution >= 0.6 is 11.6 Å². The van der Waals surface area contributed by atoms with Gasteiger partial charge in [-0.1, -0.05) is 54.1 Å². The normalized spacial score (nSPS) is 14.8. The van der Waals surface area contributed by atoms with Gasteiger partial charge in [0.1, 0.15) is 0 Å². The second kappa shape index (κ2) is 9.92. The van der Waals surface area contributed by atoms with E-state index in [0.29, 0.717) is 29.5 Å². The molecule has 0 bridgehead atoms. The quantitative estimate of drug-likeness (QED) is 0.568. The molecule has 6 heteroatoms. The van der Waals surface area contributed by atoms with E-state index in [0.717, 1.165) is 44.7 Å². The van der Waals surface area contributed by atoms with Crippen molar-refractivity contribution in [2.24, 2.45) is 0 Å². The van der Waals surface area contributed by atoms with Crippen LogP contribution in [0.25, 0.3) is 11.3 Å². The molecule has 1 fully saturated rings. The highest BCUT2D eigenvalue weighted by atomic mass is 35.5. The van der Waals surface area contributed by atoms with Crippen molar-refractivity contribution >= 4 is 17.5 Å². The van der Waals surface area contributed by atoms with Gasteiger partial charge >= 0.3 is 0 Å². The Morgan fingerprint density at radius 2 is 1.70 bits per heavy atom. The third-order valence-electron chi connectivity index (χ3n) is 5.53. The molecule has 5 nitrogen and oxygen atoms in total. The van der Waals surface area contributed by atoms with E-state index in [1.807, 2.05) is 35.2 Å². The van der Waals surface area contributed by atoms with Crippen LogP contribution in [0.1, 0.15) is 17.9 Å². The van der Waals surface area contributed by atoms with Crippen molar-refractivity contribution in [1.82, 2.24) is 14.8 Å². The average Bonchev–Trinajstić information content (AvgIpc) is 3.26. The smallest absolute Gasteiger partial charge is 0.223 e. The first-order chi connectivity index (χ1) is 14.7. The van der Waals surface area contributed by atoms with Gasteiger partial charge < -0.3 is 9.32 Å². The number of rotatable bonds is 7. The summed E-state index contributed by atoms with van der Waals surface area (Å²) in [7, 11) is 0. The van der Waals surface area contributed by atoms with Crippen LogP contribution in [0.4, 0.5) is 0 Å². The van der Waals surface area contributed by atoms with Crippen LogP contribution < -0.4 is 0 Å². The molecule has 0 N–H and O–H groups in total. The Morgan fingerprint density at radius 1 is 0.967 bits per heavy atom. The summed E-state index contributed by atoms with van der Waals surface area (Å²) < 4.78 is 5.80. The molecule has 0 atom stereocenters. The third kappa shape index (κ3) is 5.29. The number of hydrogen-bond acceptors (Lipinski definition) is 4. The SMILES string of the molecule is O=C(CCc1ncc(-c2ccccc2Cl)o1)N1CCN(CCc2ccccc2)CC1. The van der Waals surface area contributed by atoms with Gasteiger partial charge in [0.05, 0.1) is 11.2 Å². The number of halogens is 1. The van der Waals surface area contributed by atoms with Crippen LogP contribution in [0.3, 0.4) is 0 Å². The molecule has 1 saturated heterocycles. The van der Waals surface area contributed by atoms with E-state index in [4.69, 9.17) is 16.0 Å². The van der Waals surface area contributed by atoms with Crippen LogP contribution in [-0.2, 0) is 17.6 Å². The molecule has 2 heterocycles. The summed E-state index contributed by atoms with van der Waals surface area (Å²) in [6.07, 6.45) is 3.63. The standard InChI is InChI=1S/C24H26ClN3O2/c25-21-9-5-4-8-20(21)22-18-26-23(30-22)10-11-24(29)28-16-14-27(15-17-28)13-12-19-6-2-1-3-7-19/h1-9,18H,10-17H2. The molecule has 2 aromatic carbocycles. The van der Waals surface area contributed by atoms with E-state index in [9.17, 15) is 4.79 Å². The Labute approximate surface area is 182 Å². The van der Waals surface area contributed by atoms with Crippen molar-refractivity contribution in [3.8, 4) is 11.3 Å². The summed E-state index contributed by atoms with van der Waals surface area (Å²) in [5, 5.41) is 0.626. The van der Waals surface area contributed by atoms with Crippen molar-refractivity contribution in [1.29, 1.82) is 0 Å². The summed E-state index contributed by atoms with van der Waals surface area (Å²) >= 11 is 6.21. The zero-order chi connectivity index (χ0) is 20.8. The highest BCUT2D eigenvalue weighted by molar-refractivity contribution is 6.33. The maximum Gasteiger partial charge on any atom is 0.223 e. The molecule has 0 spiro atoms. The minimum Gasteiger partial charge on any atom is -0.441 e. The van der Waals surface area contributed by atoms with Gasteiger partial charge in [-0.3, -0.25) is 9.69 Å². The number of aromatic nitrogens is 1. The van der Waals surface area contributed by atoms with E-state index in [-0.39, 0.29) is 5.91 Å². The number of piperazine rings is 1. The molecule has 156 valence electrons. The Morgan fingerprint density at radius 3 is 2.47 bits per heavy atom. The average molecular weight is 424 g/mol. The topological polar surface area (TPSA) is 49.6 Å². The van der Waals surface area contributed by atoms with E-state index in [1.165, 1.54) is 5.56 Å². The Hall–Kier alpha value is -2.63. The van der Waals surface area contributed by atoms with Crippen LogP contribution in [0.15, 0.2) is 65.2 Å². The number of carbonyl (C=O) groups excluding carboxylic acids is 1. The Balaban J connectivity index is 1.21. The molecule has 0 unspecified atom stereocenters. The minimum atomic E-state index is 0.162. The van der Waals surface area contributed by atoms with E-state index in [2.05, 4.69) is 34.1 Å². The molecule has 3 aromatic rings. The molecular formula is C24H26ClN3O2. The van der Waals surface area contributed by atoms with Gasteiger partial charge in [0.2, 0.25) is 5.91 Å². The zero-order valence-electron chi connectivity index (χ0n) is 17.0. The van der Waals surface area contributed by atoms with Crippen molar-refractivity contribution in [3.63, 3.8) is 0 Å². The van der Waals surface area contributed by atoms with Gasteiger partial charge in [0, 0.05) is 51.1 Å². The van der Waals surface area contributed by atoms with Crippen LogP contribution in [0, 0.1) is 0 Å². The first-order valence-electron chi connectivity index (χ1n) is 10.4. The second-order valence-corrected chi connectivity index (χ2v) is 7.96. The van der Waals surface area contributed by atoms with E-state index < -0.39 is 0 Å². The molecule has 0 aliphatic carbocycles. The predicted molar refractivity (Wildman–Crippen MR) is 118 cm³/mol. The van der Waals surface area contributed by atoms with Gasteiger partial charge in [0.15, 0.2) is 11.7 Å². The van der Waals surface area contributed by atoms with Gasteiger partial charge in [0.25, 0.3) is 0 Å². The fourth-order valence-electron chi connectivity index (χ4n) is 3.74. The highest BCUT2D eigenvalue weighted by Crippen LogP contribution is 2.28. The van der Waals surface area contributed by atoms with Gasteiger partial charge in [-0.15, -0.1) is 0 Å². The van der Waals surface area contributed by atoms with E-state index >= 15 is 0 Å². The Bertz CT molecular complexity index is 965. The fraction of sp³-hybridized carbons (Fsp3) is 0.333. The largest absolute Gasteiger partial charge is 0.441 e. The molecule has 1 aliphatic heterocycles. The number of carbonyl (C=O) groups is 1. The lowest BCUT2D eigenvalue weighted by molar-refractivity contribution is -0.133. The molecule has 0 saturated carbocycles. The van der Waals surface area contributed by atoms with Gasteiger partial charge in [-0.25, -0.2) is 4.98 Å². The lowest BCUT2D eigenvalue weighted by Crippen LogP contribution is -2.49. The summed E-state index contributed by atoms with van der Waals surface area (Å²) in [5.41, 5.74) is 2.17. The summed E-state index contributed by atoms with van der Waals surface area (Å²) in [6.45, 7) is 4.45. The minimum absolute atomic E-state index is 0.162. The second-order valence-electron chi connectivity index (χ2n) is 7.56. The van der Waals surface area contributed by atoms with Crippen molar-refractivity contribution in [3.05, 3.63) is 77.3 Å². The third-order valence-corrected chi connectivity index (χ3v) is 5.86. The first-order valence-corrected chi connectivity index (χ1v) is 10.8. The van der Waals surface area contributed by atoms with Gasteiger partial charge in [-0.2, -0.15) is 0 Å². The molecule has 1 aliphatic rings. The lowest BCUT2D eigenvalue weighted by atomic mass is 10.1. The number of amides is 1. The van der Waals surface area contributed by atoms with Crippen molar-refractivity contribution < 1.29 is 9.21 Å². The van der Waals surface area contributed by atoms with Crippen LogP contribution in [-0.4, -0.2) is 53.4 Å². The number of aryl methyl sites for hydroxylation is 1. The summed E-state index contributed by atoms with van der Waals surface area (Å²) in [4.78, 5) is 21.3. The monoisotopic (exact) mass is 423 g/mol. The maximum absolute atomic E-state index is 12.6. The molecule has 4 rings (SSSR count). The number of nitrogens with zero attached hydrogens (tertiary/aromatic N) is 3.